The van der Waals surface area contributed by atoms with Crippen molar-refractivity contribution in [1.29, 1.82) is 0 Å². The summed E-state index contributed by atoms with van der Waals surface area (Å²) in [4.78, 5) is 0. The van der Waals surface area contributed by atoms with Crippen molar-refractivity contribution >= 4 is 10.0 Å². The maximum absolute atomic E-state index is 11.6. The van der Waals surface area contributed by atoms with Crippen LogP contribution in [0.15, 0.2) is 24.3 Å². The number of benzene rings is 1. The molecule has 2 N–H and O–H groups in total. The van der Waals surface area contributed by atoms with E-state index in [1.165, 1.54) is 31.9 Å². The SMILES string of the molecule is CNS(=O)(=O)Cc1ccc(CNC2CC(OC)C23CCC3)cc1. The van der Waals surface area contributed by atoms with Gasteiger partial charge in [-0.15, -0.1) is 0 Å². The first kappa shape index (κ1) is 16.9. The van der Waals surface area contributed by atoms with Crippen LogP contribution in [0.25, 0.3) is 0 Å². The number of ether oxygens (including phenoxy) is 1. The topological polar surface area (TPSA) is 67.4 Å². The van der Waals surface area contributed by atoms with Crippen LogP contribution in [-0.2, 0) is 27.1 Å². The Balaban J connectivity index is 1.53. The molecule has 1 aromatic rings. The Morgan fingerprint density at radius 1 is 1.22 bits per heavy atom. The predicted octanol–water partition coefficient (Wildman–Crippen LogP) is 1.78. The van der Waals surface area contributed by atoms with E-state index < -0.39 is 10.0 Å². The van der Waals surface area contributed by atoms with Gasteiger partial charge in [0.15, 0.2) is 0 Å². The summed E-state index contributed by atoms with van der Waals surface area (Å²) in [7, 11) is 0.0529. The molecule has 3 rings (SSSR count). The predicted molar refractivity (Wildman–Crippen MR) is 90.5 cm³/mol. The molecule has 0 heterocycles. The van der Waals surface area contributed by atoms with E-state index in [1.807, 2.05) is 31.4 Å². The van der Waals surface area contributed by atoms with Gasteiger partial charge < -0.3 is 10.1 Å². The standard InChI is InChI=1S/C17H26N2O3S/c1-18-23(20,21)12-14-6-4-13(5-7-14)11-19-15-10-16(22-2)17(15)8-3-9-17/h4-7,15-16,18-19H,3,8-12H2,1-2H3. The number of hydrogen-bond acceptors (Lipinski definition) is 4. The Morgan fingerprint density at radius 2 is 1.87 bits per heavy atom. The number of rotatable bonds is 7. The lowest BCUT2D eigenvalue weighted by Crippen LogP contribution is -2.66. The summed E-state index contributed by atoms with van der Waals surface area (Å²) in [6.45, 7) is 0.821. The molecule has 23 heavy (non-hydrogen) atoms. The maximum Gasteiger partial charge on any atom is 0.215 e. The molecule has 2 fully saturated rings. The molecule has 1 aromatic carbocycles. The second-order valence-corrected chi connectivity index (χ2v) is 8.69. The second kappa shape index (κ2) is 6.51. The van der Waals surface area contributed by atoms with Gasteiger partial charge in [-0.05, 0) is 37.4 Å². The van der Waals surface area contributed by atoms with E-state index >= 15 is 0 Å². The minimum atomic E-state index is -3.21. The Labute approximate surface area is 138 Å². The normalized spacial score (nSPS) is 25.8. The van der Waals surface area contributed by atoms with Crippen molar-refractivity contribution in [2.45, 2.75) is 50.1 Å². The van der Waals surface area contributed by atoms with Crippen LogP contribution < -0.4 is 10.0 Å². The van der Waals surface area contributed by atoms with Gasteiger partial charge in [0.1, 0.15) is 0 Å². The highest BCUT2D eigenvalue weighted by molar-refractivity contribution is 7.88. The average Bonchev–Trinajstić information content (AvgIpc) is 2.46. The van der Waals surface area contributed by atoms with Crippen LogP contribution >= 0.6 is 0 Å². The molecule has 0 bridgehead atoms. The molecule has 2 saturated carbocycles. The summed E-state index contributed by atoms with van der Waals surface area (Å²) in [5.41, 5.74) is 2.36. The number of hydrogen-bond donors (Lipinski definition) is 2. The summed E-state index contributed by atoms with van der Waals surface area (Å²) in [5, 5.41) is 3.66. The van der Waals surface area contributed by atoms with Crippen LogP contribution in [0.3, 0.4) is 0 Å². The number of methoxy groups -OCH3 is 1. The van der Waals surface area contributed by atoms with Crippen LogP contribution in [0.1, 0.15) is 36.8 Å². The van der Waals surface area contributed by atoms with E-state index in [0.717, 1.165) is 18.5 Å². The van der Waals surface area contributed by atoms with E-state index in [-0.39, 0.29) is 5.75 Å². The van der Waals surface area contributed by atoms with Gasteiger partial charge in [0.2, 0.25) is 10.0 Å². The third kappa shape index (κ3) is 3.31. The molecule has 2 aliphatic rings. The fourth-order valence-corrected chi connectivity index (χ4v) is 4.68. The molecule has 5 nitrogen and oxygen atoms in total. The molecular formula is C17H26N2O3S. The lowest BCUT2D eigenvalue weighted by Gasteiger charge is -2.61. The molecule has 1 spiro atoms. The largest absolute Gasteiger partial charge is 0.381 e. The van der Waals surface area contributed by atoms with E-state index in [2.05, 4.69) is 10.0 Å². The maximum atomic E-state index is 11.6. The van der Waals surface area contributed by atoms with E-state index in [9.17, 15) is 8.42 Å². The summed E-state index contributed by atoms with van der Waals surface area (Å²) in [6, 6.07) is 8.35. The Morgan fingerprint density at radius 3 is 2.39 bits per heavy atom. The average molecular weight is 338 g/mol. The molecular weight excluding hydrogens is 312 g/mol. The van der Waals surface area contributed by atoms with E-state index in [0.29, 0.717) is 17.6 Å². The first-order chi connectivity index (χ1) is 11.0. The van der Waals surface area contributed by atoms with Gasteiger partial charge >= 0.3 is 0 Å². The number of nitrogens with one attached hydrogen (secondary N) is 2. The Kier molecular flexibility index (Phi) is 4.78. The fraction of sp³-hybridized carbons (Fsp3) is 0.647. The van der Waals surface area contributed by atoms with Gasteiger partial charge in [0, 0.05) is 25.1 Å². The lowest BCUT2D eigenvalue weighted by molar-refractivity contribution is -0.161. The highest BCUT2D eigenvalue weighted by Crippen LogP contribution is 2.57. The quantitative estimate of drug-likeness (QED) is 0.795. The monoisotopic (exact) mass is 338 g/mol. The summed E-state index contributed by atoms with van der Waals surface area (Å²) >= 11 is 0. The molecule has 128 valence electrons. The molecule has 0 aromatic heterocycles. The molecule has 2 atom stereocenters. The fourth-order valence-electron chi connectivity index (χ4n) is 3.91. The zero-order chi connectivity index (χ0) is 16.5. The zero-order valence-electron chi connectivity index (χ0n) is 13.8. The first-order valence-electron chi connectivity index (χ1n) is 8.24. The number of sulfonamides is 1. The van der Waals surface area contributed by atoms with Gasteiger partial charge in [-0.25, -0.2) is 13.1 Å². The van der Waals surface area contributed by atoms with Crippen molar-refractivity contribution in [2.24, 2.45) is 5.41 Å². The van der Waals surface area contributed by atoms with Crippen molar-refractivity contribution in [3.05, 3.63) is 35.4 Å². The van der Waals surface area contributed by atoms with Crippen LogP contribution in [0.5, 0.6) is 0 Å². The van der Waals surface area contributed by atoms with E-state index in [4.69, 9.17) is 4.74 Å². The molecule has 2 unspecified atom stereocenters. The van der Waals surface area contributed by atoms with Crippen molar-refractivity contribution in [3.63, 3.8) is 0 Å². The minimum Gasteiger partial charge on any atom is -0.381 e. The van der Waals surface area contributed by atoms with Crippen molar-refractivity contribution in [3.8, 4) is 0 Å². The van der Waals surface area contributed by atoms with Crippen molar-refractivity contribution in [2.75, 3.05) is 14.2 Å². The highest BCUT2D eigenvalue weighted by Gasteiger charge is 2.58. The summed E-state index contributed by atoms with van der Waals surface area (Å²) in [5.74, 6) is 0.0263. The summed E-state index contributed by atoms with van der Waals surface area (Å²) < 4.78 is 31.0. The van der Waals surface area contributed by atoms with Gasteiger partial charge in [0.25, 0.3) is 0 Å². The minimum absolute atomic E-state index is 0.0263. The van der Waals surface area contributed by atoms with Crippen LogP contribution in [0.2, 0.25) is 0 Å². The molecule has 6 heteroatoms. The Hall–Kier alpha value is -0.950. The summed E-state index contributed by atoms with van der Waals surface area (Å²) in [6.07, 6.45) is 5.36. The molecule has 0 aliphatic heterocycles. The van der Waals surface area contributed by atoms with Crippen molar-refractivity contribution < 1.29 is 13.2 Å². The van der Waals surface area contributed by atoms with Crippen LogP contribution in [-0.4, -0.2) is 34.7 Å². The third-order valence-corrected chi connectivity index (χ3v) is 6.93. The van der Waals surface area contributed by atoms with Crippen molar-refractivity contribution in [1.82, 2.24) is 10.0 Å². The van der Waals surface area contributed by atoms with Crippen LogP contribution in [0, 0.1) is 5.41 Å². The smallest absolute Gasteiger partial charge is 0.215 e. The first-order valence-corrected chi connectivity index (χ1v) is 9.89. The molecule has 0 radical (unpaired) electrons. The van der Waals surface area contributed by atoms with Gasteiger partial charge in [-0.2, -0.15) is 0 Å². The van der Waals surface area contributed by atoms with Gasteiger partial charge in [0.05, 0.1) is 11.9 Å². The molecule has 0 saturated heterocycles. The van der Waals surface area contributed by atoms with E-state index in [1.54, 1.807) is 0 Å². The zero-order valence-corrected chi connectivity index (χ0v) is 14.7. The Bertz CT molecular complexity index is 638. The lowest BCUT2D eigenvalue weighted by atomic mass is 9.51. The highest BCUT2D eigenvalue weighted by atomic mass is 32.2. The van der Waals surface area contributed by atoms with Gasteiger partial charge in [-0.1, -0.05) is 30.7 Å². The van der Waals surface area contributed by atoms with Crippen LogP contribution in [0.4, 0.5) is 0 Å². The van der Waals surface area contributed by atoms with Gasteiger partial charge in [-0.3, -0.25) is 0 Å². The third-order valence-electron chi connectivity index (χ3n) is 5.60. The molecule has 2 aliphatic carbocycles. The molecule has 0 amide bonds. The second-order valence-electron chi connectivity index (χ2n) is 6.76.